The first-order chi connectivity index (χ1) is 19.5. The summed E-state index contributed by atoms with van der Waals surface area (Å²) in [4.78, 5) is 25.0. The van der Waals surface area contributed by atoms with Gasteiger partial charge in [0.25, 0.3) is 0 Å². The van der Waals surface area contributed by atoms with Crippen molar-refractivity contribution in [2.45, 2.75) is 219 Å². The molecular weight excluding hydrogens is 492 g/mol. The molecule has 0 radical (unpaired) electrons. The number of carbonyl (C=O) groups excluding carboxylic acids is 2. The molecule has 4 heteroatoms. The average Bonchev–Trinajstić information content (AvgIpc) is 2.94. The molecule has 0 heterocycles. The Kier molecular flexibility index (Phi) is 28.7. The monoisotopic (exact) mass is 565 g/mol. The number of nitrogens with two attached hydrogens (primary N) is 1. The predicted molar refractivity (Wildman–Crippen MR) is 176 cm³/mol. The minimum Gasteiger partial charge on any atom is -0.368 e. The lowest BCUT2D eigenvalue weighted by Gasteiger charge is -2.31. The van der Waals surface area contributed by atoms with Crippen molar-refractivity contribution in [3.05, 3.63) is 0 Å². The zero-order chi connectivity index (χ0) is 29.6. The Bertz CT molecular complexity index is 565. The minimum absolute atomic E-state index is 0.00548. The normalized spacial score (nSPS) is 12.9. The molecule has 0 aromatic rings. The number of amides is 2. The van der Waals surface area contributed by atoms with Gasteiger partial charge in [0.05, 0.1) is 0 Å². The Morgan fingerprint density at radius 2 is 0.775 bits per heavy atom. The molecule has 4 nitrogen and oxygen atoms in total. The van der Waals surface area contributed by atoms with E-state index in [0.717, 1.165) is 25.7 Å². The Morgan fingerprint density at radius 1 is 0.475 bits per heavy atom. The summed E-state index contributed by atoms with van der Waals surface area (Å²) in [5, 5.41) is 3.06. The van der Waals surface area contributed by atoms with Gasteiger partial charge >= 0.3 is 0 Å². The molecule has 0 aliphatic carbocycles. The van der Waals surface area contributed by atoms with E-state index in [2.05, 4.69) is 19.2 Å². The molecule has 0 bridgehead atoms. The molecule has 0 saturated carbocycles. The molecule has 238 valence electrons. The largest absolute Gasteiger partial charge is 0.368 e. The molecule has 0 aromatic carbocycles. The van der Waals surface area contributed by atoms with Crippen LogP contribution in [0.15, 0.2) is 0 Å². The second-order valence-electron chi connectivity index (χ2n) is 12.7. The van der Waals surface area contributed by atoms with E-state index < -0.39 is 5.54 Å². The summed E-state index contributed by atoms with van der Waals surface area (Å²) < 4.78 is 0. The smallest absolute Gasteiger partial charge is 0.243 e. The van der Waals surface area contributed by atoms with E-state index >= 15 is 0 Å². The van der Waals surface area contributed by atoms with Crippen LogP contribution in [0.3, 0.4) is 0 Å². The second kappa shape index (κ2) is 29.4. The van der Waals surface area contributed by atoms with Crippen molar-refractivity contribution in [1.82, 2.24) is 5.32 Å². The zero-order valence-corrected chi connectivity index (χ0v) is 27.6. The van der Waals surface area contributed by atoms with Crippen molar-refractivity contribution in [3.8, 4) is 0 Å². The van der Waals surface area contributed by atoms with Crippen molar-refractivity contribution in [3.63, 3.8) is 0 Å². The summed E-state index contributed by atoms with van der Waals surface area (Å²) in [6, 6.07) is 0. The fourth-order valence-electron chi connectivity index (χ4n) is 5.94. The number of rotatable bonds is 32. The van der Waals surface area contributed by atoms with E-state index in [-0.39, 0.29) is 11.8 Å². The van der Waals surface area contributed by atoms with Gasteiger partial charge < -0.3 is 11.1 Å². The summed E-state index contributed by atoms with van der Waals surface area (Å²) in [5.74, 6) is -0.377. The van der Waals surface area contributed by atoms with Gasteiger partial charge in [0.15, 0.2) is 0 Å². The highest BCUT2D eigenvalue weighted by atomic mass is 16.2. The maximum absolute atomic E-state index is 12.7. The Balaban J connectivity index is 3.83. The number of hydrogen-bond acceptors (Lipinski definition) is 2. The van der Waals surface area contributed by atoms with Crippen LogP contribution >= 0.6 is 0 Å². The van der Waals surface area contributed by atoms with Crippen LogP contribution in [0.5, 0.6) is 0 Å². The topological polar surface area (TPSA) is 72.2 Å². The average molecular weight is 565 g/mol. The molecule has 0 fully saturated rings. The van der Waals surface area contributed by atoms with Crippen molar-refractivity contribution in [1.29, 1.82) is 0 Å². The first-order valence-electron chi connectivity index (χ1n) is 18.1. The molecule has 0 aromatic heterocycles. The SMILES string of the molecule is CCCCCCCCCCCCCCCCC(CC)(NC(=O)CCCCCCCCCCCCCCC)C(N)=O. The van der Waals surface area contributed by atoms with E-state index in [4.69, 9.17) is 5.73 Å². The molecule has 2 amide bonds. The Labute approximate surface area is 251 Å². The summed E-state index contributed by atoms with van der Waals surface area (Å²) >= 11 is 0. The van der Waals surface area contributed by atoms with Gasteiger partial charge in [-0.15, -0.1) is 0 Å². The maximum atomic E-state index is 12.7. The predicted octanol–water partition coefficient (Wildman–Crippen LogP) is 11.1. The molecular formula is C36H72N2O2. The lowest BCUT2D eigenvalue weighted by atomic mass is 9.88. The van der Waals surface area contributed by atoms with Gasteiger partial charge in [-0.3, -0.25) is 9.59 Å². The molecule has 40 heavy (non-hydrogen) atoms. The number of nitrogens with one attached hydrogen (secondary N) is 1. The summed E-state index contributed by atoms with van der Waals surface area (Å²) in [7, 11) is 0. The standard InChI is InChI=1S/C36H72N2O2/c1-4-7-9-11-13-15-17-19-21-23-25-27-29-31-33-36(6-3,35(37)40)38-34(39)32-30-28-26-24-22-20-18-16-14-12-10-8-5-2/h4-33H2,1-3H3,(H2,37,40)(H,38,39). The molecule has 1 unspecified atom stereocenters. The third kappa shape index (κ3) is 23.6. The van der Waals surface area contributed by atoms with Crippen LogP contribution in [0, 0.1) is 0 Å². The van der Waals surface area contributed by atoms with Crippen molar-refractivity contribution >= 4 is 11.8 Å². The lowest BCUT2D eigenvalue weighted by molar-refractivity contribution is -0.132. The van der Waals surface area contributed by atoms with Gasteiger partial charge in [-0.2, -0.15) is 0 Å². The quantitative estimate of drug-likeness (QED) is 0.0797. The van der Waals surface area contributed by atoms with Crippen LogP contribution < -0.4 is 11.1 Å². The number of hydrogen-bond donors (Lipinski definition) is 2. The summed E-state index contributed by atoms with van der Waals surface area (Å²) in [6.45, 7) is 6.52. The van der Waals surface area contributed by atoms with Crippen LogP contribution in [0.2, 0.25) is 0 Å². The van der Waals surface area contributed by atoms with Crippen LogP contribution in [-0.4, -0.2) is 17.4 Å². The Morgan fingerprint density at radius 3 is 1.07 bits per heavy atom. The van der Waals surface area contributed by atoms with E-state index in [1.165, 1.54) is 148 Å². The highest BCUT2D eigenvalue weighted by molar-refractivity contribution is 5.90. The van der Waals surface area contributed by atoms with E-state index in [0.29, 0.717) is 19.3 Å². The summed E-state index contributed by atoms with van der Waals surface area (Å²) in [6.07, 6.45) is 36.9. The van der Waals surface area contributed by atoms with Gasteiger partial charge in [-0.05, 0) is 19.3 Å². The van der Waals surface area contributed by atoms with Gasteiger partial charge in [-0.1, -0.05) is 188 Å². The number of carbonyl (C=O) groups is 2. The van der Waals surface area contributed by atoms with Crippen LogP contribution in [0.1, 0.15) is 213 Å². The van der Waals surface area contributed by atoms with Crippen LogP contribution in [-0.2, 0) is 9.59 Å². The van der Waals surface area contributed by atoms with Crippen molar-refractivity contribution in [2.24, 2.45) is 5.73 Å². The zero-order valence-electron chi connectivity index (χ0n) is 27.6. The van der Waals surface area contributed by atoms with Crippen LogP contribution in [0.4, 0.5) is 0 Å². The molecule has 1 atom stereocenters. The first kappa shape index (κ1) is 38.9. The number of unbranched alkanes of at least 4 members (excludes halogenated alkanes) is 25. The molecule has 0 aliphatic rings. The molecule has 3 N–H and O–H groups in total. The molecule has 0 spiro atoms. The van der Waals surface area contributed by atoms with E-state index in [1.807, 2.05) is 6.92 Å². The highest BCUT2D eigenvalue weighted by Gasteiger charge is 2.35. The van der Waals surface area contributed by atoms with Gasteiger partial charge in [0, 0.05) is 6.42 Å². The van der Waals surface area contributed by atoms with Gasteiger partial charge in [0.1, 0.15) is 5.54 Å². The highest BCUT2D eigenvalue weighted by Crippen LogP contribution is 2.21. The fourth-order valence-corrected chi connectivity index (χ4v) is 5.94. The maximum Gasteiger partial charge on any atom is 0.243 e. The van der Waals surface area contributed by atoms with Crippen molar-refractivity contribution in [2.75, 3.05) is 0 Å². The molecule has 0 rings (SSSR count). The first-order valence-corrected chi connectivity index (χ1v) is 18.1. The van der Waals surface area contributed by atoms with E-state index in [9.17, 15) is 9.59 Å². The fraction of sp³-hybridized carbons (Fsp3) is 0.944. The molecule has 0 aliphatic heterocycles. The third-order valence-corrected chi connectivity index (χ3v) is 8.92. The van der Waals surface area contributed by atoms with E-state index in [1.54, 1.807) is 0 Å². The minimum atomic E-state index is -0.870. The molecule has 0 saturated heterocycles. The summed E-state index contributed by atoms with van der Waals surface area (Å²) in [5.41, 5.74) is 4.94. The second-order valence-corrected chi connectivity index (χ2v) is 12.7. The Hall–Kier alpha value is -1.06. The van der Waals surface area contributed by atoms with Gasteiger partial charge in [0.2, 0.25) is 11.8 Å². The van der Waals surface area contributed by atoms with Crippen molar-refractivity contribution < 1.29 is 9.59 Å². The lowest BCUT2D eigenvalue weighted by Crippen LogP contribution is -2.57. The van der Waals surface area contributed by atoms with Crippen LogP contribution in [0.25, 0.3) is 0 Å². The van der Waals surface area contributed by atoms with Gasteiger partial charge in [-0.25, -0.2) is 0 Å². The number of primary amides is 1. The third-order valence-electron chi connectivity index (χ3n) is 8.92.